The molecule has 10 heteroatoms. The Morgan fingerprint density at radius 2 is 1.62 bits per heavy atom. The van der Waals surface area contributed by atoms with Gasteiger partial charge in [0.1, 0.15) is 5.60 Å². The zero-order valence-corrected chi connectivity index (χ0v) is 33.6. The third-order valence-electron chi connectivity index (χ3n) is 16.3. The van der Waals surface area contributed by atoms with Gasteiger partial charge in [0.15, 0.2) is 12.4 Å². The van der Waals surface area contributed by atoms with E-state index < -0.39 is 17.3 Å². The Morgan fingerprint density at radius 1 is 0.885 bits per heavy atom. The number of carbonyl (C=O) groups is 2. The summed E-state index contributed by atoms with van der Waals surface area (Å²) in [6.07, 6.45) is 11.0. The molecule has 8 fully saturated rings. The van der Waals surface area contributed by atoms with Gasteiger partial charge in [-0.1, -0.05) is 20.8 Å². The average molecular weight is 729 g/mol. The number of ether oxygens (including phenoxy) is 5. The summed E-state index contributed by atoms with van der Waals surface area (Å²) >= 11 is 0. The number of likely N-dealkylation sites (tertiary alicyclic amines) is 1. The van der Waals surface area contributed by atoms with Gasteiger partial charge < -0.3 is 33.7 Å². The first-order valence-electron chi connectivity index (χ1n) is 20.8. The Hall–Kier alpha value is -1.46. The molecule has 3 aliphatic heterocycles. The molecule has 5 saturated carbocycles. The smallest absolute Gasteiger partial charge is 0.410 e. The molecule has 2 spiro atoms. The van der Waals surface area contributed by atoms with Crippen molar-refractivity contribution in [3.8, 4) is 0 Å². The van der Waals surface area contributed by atoms with Gasteiger partial charge in [-0.05, 0) is 144 Å². The van der Waals surface area contributed by atoms with Crippen molar-refractivity contribution in [2.24, 2.45) is 45.3 Å². The van der Waals surface area contributed by atoms with Crippen molar-refractivity contribution in [3.05, 3.63) is 0 Å². The summed E-state index contributed by atoms with van der Waals surface area (Å²) in [6, 6.07) is 0.330. The van der Waals surface area contributed by atoms with Crippen LogP contribution in [0.5, 0.6) is 0 Å². The van der Waals surface area contributed by atoms with E-state index in [1.54, 1.807) is 13.8 Å². The van der Waals surface area contributed by atoms with Crippen molar-refractivity contribution in [2.75, 3.05) is 32.8 Å². The molecule has 0 radical (unpaired) electrons. The number of aliphatic hydroxyl groups is 1. The van der Waals surface area contributed by atoms with Crippen LogP contribution in [-0.2, 0) is 28.5 Å². The van der Waals surface area contributed by atoms with E-state index in [2.05, 4.69) is 25.7 Å². The molecule has 1 amide bonds. The van der Waals surface area contributed by atoms with Gasteiger partial charge in [-0.3, -0.25) is 9.69 Å². The van der Waals surface area contributed by atoms with Crippen molar-refractivity contribution in [1.29, 1.82) is 0 Å². The topological polar surface area (TPSA) is 107 Å². The molecule has 10 nitrogen and oxygen atoms in total. The Labute approximate surface area is 312 Å². The molecular formula is C42H68N2O8. The summed E-state index contributed by atoms with van der Waals surface area (Å²) in [5.41, 5.74) is -0.389. The van der Waals surface area contributed by atoms with Crippen molar-refractivity contribution in [2.45, 2.75) is 174 Å². The quantitative estimate of drug-likeness (QED) is 0.305. The maximum Gasteiger partial charge on any atom is 0.410 e. The monoisotopic (exact) mass is 728 g/mol. The van der Waals surface area contributed by atoms with Crippen LogP contribution >= 0.6 is 0 Å². The van der Waals surface area contributed by atoms with E-state index >= 15 is 0 Å². The van der Waals surface area contributed by atoms with Gasteiger partial charge in [0.25, 0.3) is 0 Å². The normalized spacial score (nSPS) is 44.9. The number of hydrogen-bond acceptors (Lipinski definition) is 9. The van der Waals surface area contributed by atoms with E-state index in [0.29, 0.717) is 54.3 Å². The number of amides is 1. The molecule has 8 rings (SSSR count). The van der Waals surface area contributed by atoms with E-state index in [1.807, 2.05) is 25.7 Å². The highest BCUT2D eigenvalue weighted by Crippen LogP contribution is 2.87. The number of rotatable bonds is 6. The van der Waals surface area contributed by atoms with Gasteiger partial charge in [-0.25, -0.2) is 4.79 Å². The standard InChI is InChI=1S/C42H68N2O8/c1-25(45)49-35(39(7,8)47)30-12-10-28-31(50-30)20-29-27-11-13-32-38(5,6)33(14-15-42(32)24-41(27,42)17-16-40(28,29)9)51-34-23-43(18-19-48-34)26-21-44(22-26)36(46)52-37(2,3)4/h26-35,47H,10-24H2,1-9H3/t27?,28?,29?,30?,31?,32?,33-,34?,35-,40+,41-,42?/m0/s1. The number of esters is 1. The van der Waals surface area contributed by atoms with Crippen molar-refractivity contribution in [3.63, 3.8) is 0 Å². The first kappa shape index (κ1) is 37.5. The molecule has 1 N–H and O–H groups in total. The lowest BCUT2D eigenvalue weighted by atomic mass is 9.46. The number of carbonyl (C=O) groups excluding carboxylic acids is 2. The van der Waals surface area contributed by atoms with Gasteiger partial charge in [0, 0.05) is 32.6 Å². The molecular weight excluding hydrogens is 660 g/mol. The van der Waals surface area contributed by atoms with E-state index in [1.165, 1.54) is 45.4 Å². The van der Waals surface area contributed by atoms with Gasteiger partial charge in [-0.2, -0.15) is 0 Å². The molecule has 294 valence electrons. The van der Waals surface area contributed by atoms with Crippen molar-refractivity contribution in [1.82, 2.24) is 9.80 Å². The van der Waals surface area contributed by atoms with Gasteiger partial charge >= 0.3 is 12.1 Å². The zero-order chi connectivity index (χ0) is 37.2. The summed E-state index contributed by atoms with van der Waals surface area (Å²) in [7, 11) is 0. The zero-order valence-electron chi connectivity index (χ0n) is 33.6. The summed E-state index contributed by atoms with van der Waals surface area (Å²) in [4.78, 5) is 28.8. The second kappa shape index (κ2) is 12.5. The molecule has 0 aromatic rings. The summed E-state index contributed by atoms with van der Waals surface area (Å²) in [5, 5.41) is 10.9. The fraction of sp³-hybridized carbons (Fsp3) is 0.952. The Bertz CT molecular complexity index is 1400. The highest BCUT2D eigenvalue weighted by molar-refractivity contribution is 5.69. The number of fused-ring (bicyclic) bond motifs is 4. The maximum absolute atomic E-state index is 12.5. The molecule has 12 atom stereocenters. The first-order valence-corrected chi connectivity index (χ1v) is 20.8. The third-order valence-corrected chi connectivity index (χ3v) is 16.3. The van der Waals surface area contributed by atoms with Crippen LogP contribution in [0.1, 0.15) is 127 Å². The van der Waals surface area contributed by atoms with Crippen molar-refractivity contribution >= 4 is 12.1 Å². The van der Waals surface area contributed by atoms with E-state index in [9.17, 15) is 14.7 Å². The highest BCUT2D eigenvalue weighted by atomic mass is 16.7. The summed E-state index contributed by atoms with van der Waals surface area (Å²) < 4.78 is 31.4. The summed E-state index contributed by atoms with van der Waals surface area (Å²) in [5.74, 6) is 2.25. The lowest BCUT2D eigenvalue weighted by molar-refractivity contribution is -0.250. The fourth-order valence-corrected chi connectivity index (χ4v) is 14.0. The Balaban J connectivity index is 0.904. The molecule has 0 aromatic heterocycles. The third kappa shape index (κ3) is 5.97. The molecule has 8 aliphatic rings. The average Bonchev–Trinajstić information content (AvgIpc) is 3.59. The minimum absolute atomic E-state index is 0.0753. The van der Waals surface area contributed by atoms with Crippen LogP contribution in [-0.4, -0.2) is 108 Å². The molecule has 3 saturated heterocycles. The second-order valence-electron chi connectivity index (χ2n) is 21.0. The number of morpholine rings is 1. The first-order chi connectivity index (χ1) is 24.3. The van der Waals surface area contributed by atoms with Gasteiger partial charge in [0.2, 0.25) is 0 Å². The van der Waals surface area contributed by atoms with Crippen LogP contribution in [0.3, 0.4) is 0 Å². The van der Waals surface area contributed by atoms with E-state index in [-0.39, 0.29) is 47.5 Å². The van der Waals surface area contributed by atoms with Crippen LogP contribution in [0, 0.1) is 45.3 Å². The predicted molar refractivity (Wildman–Crippen MR) is 195 cm³/mol. The lowest BCUT2D eigenvalue weighted by Crippen LogP contribution is -2.64. The van der Waals surface area contributed by atoms with Crippen LogP contribution < -0.4 is 0 Å². The highest BCUT2D eigenvalue weighted by Gasteiger charge is 2.80. The van der Waals surface area contributed by atoms with Crippen LogP contribution in [0.2, 0.25) is 0 Å². The van der Waals surface area contributed by atoms with Gasteiger partial charge in [-0.15, -0.1) is 0 Å². The fourth-order valence-electron chi connectivity index (χ4n) is 14.0. The summed E-state index contributed by atoms with van der Waals surface area (Å²) in [6.45, 7) is 21.9. The van der Waals surface area contributed by atoms with Crippen molar-refractivity contribution < 1.29 is 38.4 Å². The minimum Gasteiger partial charge on any atom is -0.457 e. The molecule has 5 aliphatic carbocycles. The van der Waals surface area contributed by atoms with Crippen LogP contribution in [0.15, 0.2) is 0 Å². The molecule has 0 aromatic carbocycles. The molecule has 52 heavy (non-hydrogen) atoms. The van der Waals surface area contributed by atoms with Gasteiger partial charge in [0.05, 0.1) is 37.1 Å². The largest absolute Gasteiger partial charge is 0.457 e. The molecule has 0 bridgehead atoms. The lowest BCUT2D eigenvalue weighted by Gasteiger charge is -2.60. The Morgan fingerprint density at radius 3 is 2.31 bits per heavy atom. The minimum atomic E-state index is -1.15. The SMILES string of the molecule is CC(=O)O[C@@H](C1CCC2C(CC3C4CCC5C(C)(C)[C@@H](OC6CN(C7CN(C(=O)OC(C)(C)C)C7)CCO6)CCC56C[C@@]46CC[C@]23C)O1)C(C)(C)O. The predicted octanol–water partition coefficient (Wildman–Crippen LogP) is 6.56. The van der Waals surface area contributed by atoms with E-state index in [4.69, 9.17) is 23.7 Å². The maximum atomic E-state index is 12.5. The van der Waals surface area contributed by atoms with Crippen LogP contribution in [0.25, 0.3) is 0 Å². The second-order valence-corrected chi connectivity index (χ2v) is 21.0. The molecule has 8 unspecified atom stereocenters. The Kier molecular flexibility index (Phi) is 9.02. The number of hydrogen-bond donors (Lipinski definition) is 1. The molecule has 3 heterocycles. The van der Waals surface area contributed by atoms with E-state index in [0.717, 1.165) is 44.7 Å². The van der Waals surface area contributed by atoms with Crippen LogP contribution in [0.4, 0.5) is 4.79 Å². The number of nitrogens with zero attached hydrogens (tertiary/aromatic N) is 2.